The van der Waals surface area contributed by atoms with Crippen LogP contribution in [0.25, 0.3) is 10.4 Å². The highest BCUT2D eigenvalue weighted by Gasteiger charge is 2.61. The number of hydrogen-bond donors (Lipinski definition) is 0. The van der Waals surface area contributed by atoms with Gasteiger partial charge in [0.05, 0.1) is 12.1 Å². The molecule has 1 fully saturated rings. The van der Waals surface area contributed by atoms with Crippen molar-refractivity contribution in [1.29, 1.82) is 0 Å². The third-order valence-electron chi connectivity index (χ3n) is 6.61. The minimum Gasteiger partial charge on any atom is -0.393 e. The van der Waals surface area contributed by atoms with Crippen LogP contribution in [-0.4, -0.2) is 27.3 Å². The molecule has 1 aliphatic rings. The van der Waals surface area contributed by atoms with Crippen molar-refractivity contribution in [1.82, 2.24) is 0 Å². The maximum atomic E-state index is 9.00. The van der Waals surface area contributed by atoms with Gasteiger partial charge in [0.15, 0.2) is 0 Å². The van der Waals surface area contributed by atoms with Crippen molar-refractivity contribution < 1.29 is 8.85 Å². The van der Waals surface area contributed by atoms with Crippen molar-refractivity contribution in [2.24, 2.45) is 5.11 Å². The third kappa shape index (κ3) is 9.21. The lowest BCUT2D eigenvalue weighted by molar-refractivity contribution is 0.0264. The van der Waals surface area contributed by atoms with Crippen LogP contribution in [0.4, 0.5) is 0 Å². The van der Waals surface area contributed by atoms with Gasteiger partial charge in [0, 0.05) is 21.6 Å². The molecule has 1 aliphatic heterocycles. The normalized spacial score (nSPS) is 21.6. The number of nitrogens with zero attached hydrogens (tertiary/aromatic N) is 3. The summed E-state index contributed by atoms with van der Waals surface area (Å²) in [6.45, 7) is 16.0. The van der Waals surface area contributed by atoms with E-state index in [0.29, 0.717) is 6.61 Å². The number of azide groups is 1. The van der Waals surface area contributed by atoms with Crippen LogP contribution in [0.3, 0.4) is 0 Å². The Morgan fingerprint density at radius 1 is 0.875 bits per heavy atom. The monoisotopic (exact) mass is 465 g/mol. The second-order valence-corrected chi connectivity index (χ2v) is 16.3. The molecular weight excluding hydrogens is 414 g/mol. The summed E-state index contributed by atoms with van der Waals surface area (Å²) < 4.78 is 13.2. The molecule has 186 valence electrons. The molecule has 0 aromatic carbocycles. The zero-order valence-electron chi connectivity index (χ0n) is 22.2. The number of rotatable bonds is 14. The topological polar surface area (TPSA) is 67.2 Å². The number of unbranched alkanes of at least 4 members (excludes halogenated alkanes) is 11. The molecule has 32 heavy (non-hydrogen) atoms. The second kappa shape index (κ2) is 14.4. The van der Waals surface area contributed by atoms with Gasteiger partial charge in [-0.25, -0.2) is 0 Å². The van der Waals surface area contributed by atoms with Gasteiger partial charge in [0.1, 0.15) is 0 Å². The van der Waals surface area contributed by atoms with Crippen molar-refractivity contribution in [3.05, 3.63) is 22.6 Å². The molecule has 0 aliphatic carbocycles. The Morgan fingerprint density at radius 3 is 1.84 bits per heavy atom. The fourth-order valence-electron chi connectivity index (χ4n) is 5.00. The van der Waals surface area contributed by atoms with Crippen LogP contribution in [0.1, 0.15) is 126 Å². The van der Waals surface area contributed by atoms with Crippen LogP contribution >= 0.6 is 0 Å². The molecular formula is C26H51N3O2Si. The second-order valence-electron chi connectivity index (χ2n) is 11.5. The van der Waals surface area contributed by atoms with Crippen LogP contribution in [0.2, 0.25) is 10.1 Å². The highest BCUT2D eigenvalue weighted by molar-refractivity contribution is 6.73. The van der Waals surface area contributed by atoms with Crippen LogP contribution < -0.4 is 0 Å². The first-order valence-electron chi connectivity index (χ1n) is 13.1. The van der Waals surface area contributed by atoms with Crippen molar-refractivity contribution >= 4 is 8.56 Å². The lowest BCUT2D eigenvalue weighted by Crippen LogP contribution is -2.64. The number of allylic oxidation sites excluding steroid dienone is 1. The number of hydrogen-bond acceptors (Lipinski definition) is 3. The zero-order valence-corrected chi connectivity index (χ0v) is 23.2. The minimum atomic E-state index is -2.56. The first kappa shape index (κ1) is 29.2. The molecule has 2 unspecified atom stereocenters. The Labute approximate surface area is 199 Å². The van der Waals surface area contributed by atoms with Crippen molar-refractivity contribution in [3.8, 4) is 0 Å². The van der Waals surface area contributed by atoms with Crippen molar-refractivity contribution in [2.45, 2.75) is 148 Å². The first-order chi connectivity index (χ1) is 15.1. The summed E-state index contributed by atoms with van der Waals surface area (Å²) in [5.41, 5.74) is 9.00. The van der Waals surface area contributed by atoms with E-state index in [0.717, 1.165) is 6.42 Å². The fraction of sp³-hybridized carbons (Fsp3) is 0.923. The van der Waals surface area contributed by atoms with E-state index in [1.165, 1.54) is 70.6 Å². The molecule has 6 heteroatoms. The molecule has 0 bridgehead atoms. The molecule has 0 aromatic rings. The Hall–Kier alpha value is -0.813. The molecule has 0 N–H and O–H groups in total. The molecule has 0 spiro atoms. The van der Waals surface area contributed by atoms with Gasteiger partial charge in [-0.05, 0) is 18.4 Å². The van der Waals surface area contributed by atoms with Gasteiger partial charge < -0.3 is 8.85 Å². The average Bonchev–Trinajstić information content (AvgIpc) is 2.71. The SMILES string of the molecule is CCCCCCCCCCCCC/C=C/C1O[Si](C(C)(C)C)(C(C)(C)C)OCC1N=[N+]=[N-]. The fourth-order valence-corrected chi connectivity index (χ4v) is 9.92. The third-order valence-corrected chi connectivity index (χ3v) is 11.7. The lowest BCUT2D eigenvalue weighted by Gasteiger charge is -2.53. The molecule has 1 heterocycles. The summed E-state index contributed by atoms with van der Waals surface area (Å²) in [5.74, 6) is 0. The Morgan fingerprint density at radius 2 is 1.38 bits per heavy atom. The van der Waals surface area contributed by atoms with Gasteiger partial charge in [-0.15, -0.1) is 0 Å². The maximum absolute atomic E-state index is 9.00. The molecule has 0 aromatic heterocycles. The van der Waals surface area contributed by atoms with Gasteiger partial charge in [-0.2, -0.15) is 0 Å². The van der Waals surface area contributed by atoms with Crippen molar-refractivity contribution in [3.63, 3.8) is 0 Å². The molecule has 0 saturated carbocycles. The predicted molar refractivity (Wildman–Crippen MR) is 139 cm³/mol. The zero-order chi connectivity index (χ0) is 24.1. The highest BCUT2D eigenvalue weighted by Crippen LogP contribution is 2.54. The van der Waals surface area contributed by atoms with E-state index >= 15 is 0 Å². The summed E-state index contributed by atoms with van der Waals surface area (Å²) >= 11 is 0. The Kier molecular flexibility index (Phi) is 13.2. The average molecular weight is 466 g/mol. The summed E-state index contributed by atoms with van der Waals surface area (Å²) in [6, 6.07) is -0.293. The molecule has 0 amide bonds. The van der Waals surface area contributed by atoms with E-state index in [4.69, 9.17) is 14.4 Å². The highest BCUT2D eigenvalue weighted by atomic mass is 28.4. The first-order valence-corrected chi connectivity index (χ1v) is 14.9. The van der Waals surface area contributed by atoms with E-state index in [1.54, 1.807) is 0 Å². The van der Waals surface area contributed by atoms with Gasteiger partial charge in [-0.1, -0.05) is 130 Å². The summed E-state index contributed by atoms with van der Waals surface area (Å²) in [5, 5.41) is 3.83. The molecule has 5 nitrogen and oxygen atoms in total. The summed E-state index contributed by atoms with van der Waals surface area (Å²) in [4.78, 5) is 3.04. The van der Waals surface area contributed by atoms with Crippen LogP contribution in [0.5, 0.6) is 0 Å². The van der Waals surface area contributed by atoms with Gasteiger partial charge >= 0.3 is 8.56 Å². The standard InChI is InChI=1S/C26H51N3O2Si/c1-8-9-10-11-12-13-14-15-16-17-18-19-20-21-24-23(28-29-27)22-30-32(31-24,25(2,3)4)26(5,6)7/h20-21,23-24H,8-19,22H2,1-7H3/b21-20+. The smallest absolute Gasteiger partial charge is 0.349 e. The van der Waals surface area contributed by atoms with Crippen LogP contribution in [0.15, 0.2) is 17.3 Å². The van der Waals surface area contributed by atoms with E-state index in [2.05, 4.69) is 70.6 Å². The van der Waals surface area contributed by atoms with E-state index in [1.807, 2.05) is 0 Å². The predicted octanol–water partition coefficient (Wildman–Crippen LogP) is 9.38. The van der Waals surface area contributed by atoms with E-state index < -0.39 is 8.56 Å². The van der Waals surface area contributed by atoms with Crippen molar-refractivity contribution in [2.75, 3.05) is 6.61 Å². The minimum absolute atomic E-state index is 0.0747. The molecule has 0 radical (unpaired) electrons. The lowest BCUT2D eigenvalue weighted by atomic mass is 10.0. The van der Waals surface area contributed by atoms with Gasteiger partial charge in [-0.3, -0.25) is 0 Å². The van der Waals surface area contributed by atoms with Gasteiger partial charge in [0.25, 0.3) is 0 Å². The summed E-state index contributed by atoms with van der Waals surface area (Å²) in [7, 11) is -2.56. The van der Waals surface area contributed by atoms with E-state index in [9.17, 15) is 0 Å². The quantitative estimate of drug-likeness (QED) is 0.0640. The Balaban J connectivity index is 2.46. The largest absolute Gasteiger partial charge is 0.393 e. The van der Waals surface area contributed by atoms with Gasteiger partial charge in [0.2, 0.25) is 0 Å². The van der Waals surface area contributed by atoms with E-state index in [-0.39, 0.29) is 22.2 Å². The summed E-state index contributed by atoms with van der Waals surface area (Å²) in [6.07, 6.45) is 20.2. The van der Waals surface area contributed by atoms with Crippen LogP contribution in [0, 0.1) is 0 Å². The maximum Gasteiger partial charge on any atom is 0.349 e. The molecule has 2 atom stereocenters. The molecule has 1 rings (SSSR count). The molecule has 1 saturated heterocycles. The Bertz CT molecular complexity index is 575. The van der Waals surface area contributed by atoms with Crippen LogP contribution in [-0.2, 0) is 8.85 Å².